The quantitative estimate of drug-likeness (QED) is 0.605. The number of carbonyl (C=O) groups excluding carboxylic acids is 2. The second kappa shape index (κ2) is 8.21. The maximum Gasteiger partial charge on any atom is 0.253 e. The number of benzene rings is 2. The molecule has 7 nitrogen and oxygen atoms in total. The van der Waals surface area contributed by atoms with E-state index >= 15 is 0 Å². The summed E-state index contributed by atoms with van der Waals surface area (Å²) in [6, 6.07) is 12.9. The lowest BCUT2D eigenvalue weighted by Gasteiger charge is -2.25. The fraction of sp³-hybridized carbons (Fsp3) is 0.423. The molecule has 0 aliphatic heterocycles. The first kappa shape index (κ1) is 21.5. The third-order valence-corrected chi connectivity index (χ3v) is 7.04. The van der Waals surface area contributed by atoms with Crippen LogP contribution in [0.1, 0.15) is 49.4 Å². The van der Waals surface area contributed by atoms with Crippen molar-refractivity contribution in [3.05, 3.63) is 48.0 Å². The second-order valence-electron chi connectivity index (χ2n) is 9.53. The molecule has 2 saturated carbocycles. The van der Waals surface area contributed by atoms with Crippen LogP contribution in [0.4, 0.5) is 0 Å². The topological polar surface area (TPSA) is 84.7 Å². The number of para-hydroxylation sites is 2. The summed E-state index contributed by atoms with van der Waals surface area (Å²) in [6.07, 6.45) is 4.44. The molecule has 0 bridgehead atoms. The lowest BCUT2D eigenvalue weighted by Crippen LogP contribution is -2.39. The van der Waals surface area contributed by atoms with E-state index in [9.17, 15) is 9.59 Å². The second-order valence-corrected chi connectivity index (χ2v) is 9.53. The zero-order chi connectivity index (χ0) is 23.2. The van der Waals surface area contributed by atoms with Crippen molar-refractivity contribution < 1.29 is 18.7 Å². The van der Waals surface area contributed by atoms with E-state index in [0.29, 0.717) is 34.8 Å². The van der Waals surface area contributed by atoms with Crippen LogP contribution < -0.4 is 10.1 Å². The molecule has 0 saturated heterocycles. The van der Waals surface area contributed by atoms with Crippen molar-refractivity contribution in [1.82, 2.24) is 15.2 Å². The fourth-order valence-electron chi connectivity index (χ4n) is 4.62. The standard InChI is InChI=1S/C26H29N3O4/c1-26(12-13-26)28-23(30)16-8-10-18(14-16)29(2)25(31)17-9-11-19(22(15-17)32-3)24-27-20-6-4-5-7-21(20)33-24/h4-7,9,11,15-16,18H,8,10,12-14H2,1-3H3,(H,28,30)/t16-,18+/m0/s1. The van der Waals surface area contributed by atoms with E-state index in [1.54, 1.807) is 24.1 Å². The van der Waals surface area contributed by atoms with E-state index < -0.39 is 0 Å². The van der Waals surface area contributed by atoms with Gasteiger partial charge < -0.3 is 19.4 Å². The Morgan fingerprint density at radius 3 is 2.70 bits per heavy atom. The Morgan fingerprint density at radius 1 is 1.18 bits per heavy atom. The highest BCUT2D eigenvalue weighted by Gasteiger charge is 2.42. The zero-order valence-corrected chi connectivity index (χ0v) is 19.3. The van der Waals surface area contributed by atoms with Crippen molar-refractivity contribution in [3.63, 3.8) is 0 Å². The third kappa shape index (κ3) is 4.19. The molecule has 0 spiro atoms. The number of rotatable bonds is 6. The van der Waals surface area contributed by atoms with E-state index in [0.717, 1.165) is 31.2 Å². The molecule has 7 heteroatoms. The summed E-state index contributed by atoms with van der Waals surface area (Å²) in [4.78, 5) is 32.1. The van der Waals surface area contributed by atoms with Crippen LogP contribution in [0.2, 0.25) is 0 Å². The van der Waals surface area contributed by atoms with Crippen LogP contribution in [0, 0.1) is 5.92 Å². The van der Waals surface area contributed by atoms with Gasteiger partial charge >= 0.3 is 0 Å². The van der Waals surface area contributed by atoms with Crippen LogP contribution in [0.25, 0.3) is 22.6 Å². The van der Waals surface area contributed by atoms with Crippen molar-refractivity contribution in [2.75, 3.05) is 14.2 Å². The van der Waals surface area contributed by atoms with Gasteiger partial charge in [-0.1, -0.05) is 12.1 Å². The normalized spacial score (nSPS) is 21.1. The Balaban J connectivity index is 1.30. The predicted molar refractivity (Wildman–Crippen MR) is 125 cm³/mol. The number of oxazole rings is 1. The number of methoxy groups -OCH3 is 1. The summed E-state index contributed by atoms with van der Waals surface area (Å²) in [5.41, 5.74) is 2.69. The Bertz CT molecular complexity index is 1180. The summed E-state index contributed by atoms with van der Waals surface area (Å²) >= 11 is 0. The molecule has 172 valence electrons. The van der Waals surface area contributed by atoms with Gasteiger partial charge in [0.2, 0.25) is 11.8 Å². The Kier molecular flexibility index (Phi) is 5.35. The van der Waals surface area contributed by atoms with Gasteiger partial charge in [-0.2, -0.15) is 0 Å². The monoisotopic (exact) mass is 447 g/mol. The highest BCUT2D eigenvalue weighted by Crippen LogP contribution is 2.37. The average molecular weight is 448 g/mol. The lowest BCUT2D eigenvalue weighted by molar-refractivity contribution is -0.125. The number of fused-ring (bicyclic) bond motifs is 1. The SMILES string of the molecule is COc1cc(C(=O)N(C)[C@@H]2CC[C@H](C(=O)NC3(C)CC3)C2)ccc1-c1nc2ccccc2o1. The lowest BCUT2D eigenvalue weighted by atomic mass is 10.1. The number of nitrogens with one attached hydrogen (secondary N) is 1. The summed E-state index contributed by atoms with van der Waals surface area (Å²) in [5.74, 6) is 0.996. The molecule has 1 aromatic heterocycles. The van der Waals surface area contributed by atoms with Crippen molar-refractivity contribution in [2.45, 2.75) is 50.6 Å². The first-order chi connectivity index (χ1) is 15.9. The molecule has 5 rings (SSSR count). The van der Waals surface area contributed by atoms with Crippen molar-refractivity contribution in [2.24, 2.45) is 5.92 Å². The summed E-state index contributed by atoms with van der Waals surface area (Å²) in [6.45, 7) is 2.09. The largest absolute Gasteiger partial charge is 0.496 e. The smallest absolute Gasteiger partial charge is 0.253 e. The third-order valence-electron chi connectivity index (χ3n) is 7.04. The van der Waals surface area contributed by atoms with Gasteiger partial charge in [0.15, 0.2) is 5.58 Å². The molecule has 1 heterocycles. The molecular formula is C26H29N3O4. The van der Waals surface area contributed by atoms with Crippen LogP contribution in [-0.4, -0.2) is 47.4 Å². The highest BCUT2D eigenvalue weighted by molar-refractivity contribution is 5.95. The summed E-state index contributed by atoms with van der Waals surface area (Å²) < 4.78 is 11.4. The Labute approximate surface area is 193 Å². The summed E-state index contributed by atoms with van der Waals surface area (Å²) in [7, 11) is 3.39. The number of ether oxygens (including phenoxy) is 1. The zero-order valence-electron chi connectivity index (χ0n) is 19.3. The number of hydrogen-bond donors (Lipinski definition) is 1. The Hall–Kier alpha value is -3.35. The van der Waals surface area contributed by atoms with Crippen LogP contribution >= 0.6 is 0 Å². The fourth-order valence-corrected chi connectivity index (χ4v) is 4.62. The molecule has 0 radical (unpaired) electrons. The van der Waals surface area contributed by atoms with Gasteiger partial charge in [0.25, 0.3) is 5.91 Å². The minimum absolute atomic E-state index is 0.0100. The van der Waals surface area contributed by atoms with E-state index in [1.807, 2.05) is 37.4 Å². The predicted octanol–water partition coefficient (Wildman–Crippen LogP) is 4.41. The van der Waals surface area contributed by atoms with Crippen molar-refractivity contribution >= 4 is 22.9 Å². The Morgan fingerprint density at radius 2 is 1.97 bits per heavy atom. The number of amides is 2. The minimum Gasteiger partial charge on any atom is -0.496 e. The molecule has 0 unspecified atom stereocenters. The minimum atomic E-state index is -0.0855. The number of carbonyl (C=O) groups is 2. The van der Waals surface area contributed by atoms with Gasteiger partial charge in [-0.05, 0) is 69.4 Å². The average Bonchev–Trinajstić information content (AvgIpc) is 3.23. The molecule has 2 atom stereocenters. The van der Waals surface area contributed by atoms with Crippen LogP contribution in [0.15, 0.2) is 46.9 Å². The van der Waals surface area contributed by atoms with E-state index in [4.69, 9.17) is 9.15 Å². The van der Waals surface area contributed by atoms with Crippen molar-refractivity contribution in [1.29, 1.82) is 0 Å². The summed E-state index contributed by atoms with van der Waals surface area (Å²) in [5, 5.41) is 3.17. The van der Waals surface area contributed by atoms with Crippen molar-refractivity contribution in [3.8, 4) is 17.2 Å². The van der Waals surface area contributed by atoms with Gasteiger partial charge in [0, 0.05) is 30.1 Å². The molecule has 1 N–H and O–H groups in total. The number of aromatic nitrogens is 1. The highest BCUT2D eigenvalue weighted by atomic mass is 16.5. The number of nitrogens with zero attached hydrogens (tertiary/aromatic N) is 2. The van der Waals surface area contributed by atoms with Gasteiger partial charge in [0.05, 0.1) is 12.7 Å². The molecule has 2 aromatic carbocycles. The molecular weight excluding hydrogens is 418 g/mol. The van der Waals surface area contributed by atoms with Crippen LogP contribution in [0.5, 0.6) is 5.75 Å². The van der Waals surface area contributed by atoms with Crippen LogP contribution in [-0.2, 0) is 4.79 Å². The molecule has 2 aliphatic rings. The van der Waals surface area contributed by atoms with Gasteiger partial charge in [0.1, 0.15) is 11.3 Å². The number of hydrogen-bond acceptors (Lipinski definition) is 5. The van der Waals surface area contributed by atoms with Gasteiger partial charge in [-0.3, -0.25) is 9.59 Å². The molecule has 2 fully saturated rings. The first-order valence-corrected chi connectivity index (χ1v) is 11.5. The van der Waals surface area contributed by atoms with E-state index in [2.05, 4.69) is 17.2 Å². The molecule has 3 aromatic rings. The van der Waals surface area contributed by atoms with Gasteiger partial charge in [-0.25, -0.2) is 4.98 Å². The molecule has 2 amide bonds. The molecule has 33 heavy (non-hydrogen) atoms. The van der Waals surface area contributed by atoms with Crippen LogP contribution in [0.3, 0.4) is 0 Å². The maximum absolute atomic E-state index is 13.2. The van der Waals surface area contributed by atoms with Gasteiger partial charge in [-0.15, -0.1) is 0 Å². The maximum atomic E-state index is 13.2. The van der Waals surface area contributed by atoms with E-state index in [-0.39, 0.29) is 29.3 Å². The van der Waals surface area contributed by atoms with E-state index in [1.165, 1.54) is 0 Å². The first-order valence-electron chi connectivity index (χ1n) is 11.5. The molecule has 2 aliphatic carbocycles.